The lowest BCUT2D eigenvalue weighted by molar-refractivity contribution is 0.0640. The maximum atomic E-state index is 13.9. The Hall–Kier alpha value is -3.01. The van der Waals surface area contributed by atoms with Gasteiger partial charge in [0.2, 0.25) is 12.5 Å². The van der Waals surface area contributed by atoms with Crippen molar-refractivity contribution in [1.29, 1.82) is 0 Å². The van der Waals surface area contributed by atoms with Crippen LogP contribution in [-0.2, 0) is 6.54 Å². The molecule has 0 saturated heterocycles. The molecule has 1 atom stereocenters. The van der Waals surface area contributed by atoms with E-state index in [1.807, 2.05) is 13.8 Å². The summed E-state index contributed by atoms with van der Waals surface area (Å²) in [7, 11) is 0. The number of carbonyl (C=O) groups excluding carboxylic acids is 1. The number of ether oxygens (including phenoxy) is 2. The van der Waals surface area contributed by atoms with Crippen molar-refractivity contribution in [2.45, 2.75) is 26.4 Å². The molecular weight excluding hydrogens is 385 g/mol. The van der Waals surface area contributed by atoms with E-state index in [0.717, 1.165) is 16.5 Å². The Kier molecular flexibility index (Phi) is 3.83. The first-order chi connectivity index (χ1) is 13.5. The van der Waals surface area contributed by atoms with Crippen LogP contribution >= 0.6 is 11.5 Å². The van der Waals surface area contributed by atoms with Crippen LogP contribution in [0.1, 0.15) is 34.8 Å². The first kappa shape index (κ1) is 17.1. The SMILES string of the molecule is Cc1nsc(-c2ncc3n2CCN(C(=O)c2ccc(F)c4c2OCO4)C3C)n1. The lowest BCUT2D eigenvalue weighted by atomic mass is 10.1. The van der Waals surface area contributed by atoms with Gasteiger partial charge >= 0.3 is 0 Å². The molecule has 4 heterocycles. The quantitative estimate of drug-likeness (QED) is 0.657. The van der Waals surface area contributed by atoms with Gasteiger partial charge in [-0.15, -0.1) is 0 Å². The fourth-order valence-corrected chi connectivity index (χ4v) is 4.32. The summed E-state index contributed by atoms with van der Waals surface area (Å²) in [6.45, 7) is 4.77. The number of nitrogens with zero attached hydrogens (tertiary/aromatic N) is 5. The highest BCUT2D eigenvalue weighted by Gasteiger charge is 2.34. The van der Waals surface area contributed by atoms with Crippen molar-refractivity contribution in [1.82, 2.24) is 23.8 Å². The third-order valence-electron chi connectivity index (χ3n) is 5.03. The van der Waals surface area contributed by atoms with Gasteiger partial charge in [0, 0.05) is 13.1 Å². The van der Waals surface area contributed by atoms with Crippen LogP contribution < -0.4 is 9.47 Å². The molecule has 1 aromatic carbocycles. The van der Waals surface area contributed by atoms with Gasteiger partial charge in [-0.2, -0.15) is 4.37 Å². The molecule has 0 bridgehead atoms. The van der Waals surface area contributed by atoms with E-state index in [2.05, 4.69) is 18.9 Å². The molecule has 2 aromatic heterocycles. The Balaban J connectivity index is 1.48. The Bertz CT molecular complexity index is 1100. The zero-order valence-corrected chi connectivity index (χ0v) is 16.0. The number of hydrogen-bond donors (Lipinski definition) is 0. The average molecular weight is 401 g/mol. The summed E-state index contributed by atoms with van der Waals surface area (Å²) < 4.78 is 30.7. The molecule has 1 unspecified atom stereocenters. The smallest absolute Gasteiger partial charge is 0.258 e. The zero-order chi connectivity index (χ0) is 19.4. The van der Waals surface area contributed by atoms with Crippen molar-refractivity contribution in [2.24, 2.45) is 0 Å². The first-order valence-corrected chi connectivity index (χ1v) is 9.57. The van der Waals surface area contributed by atoms with Crippen molar-refractivity contribution < 1.29 is 18.7 Å². The number of fused-ring (bicyclic) bond motifs is 2. The molecule has 1 amide bonds. The van der Waals surface area contributed by atoms with E-state index in [1.165, 1.54) is 23.7 Å². The summed E-state index contributed by atoms with van der Waals surface area (Å²) in [4.78, 5) is 23.8. The van der Waals surface area contributed by atoms with Gasteiger partial charge in [-0.1, -0.05) is 0 Å². The number of aromatic nitrogens is 4. The molecule has 8 nitrogen and oxygen atoms in total. The van der Waals surface area contributed by atoms with Gasteiger partial charge in [0.1, 0.15) is 5.82 Å². The second-order valence-corrected chi connectivity index (χ2v) is 7.39. The molecule has 5 rings (SSSR count). The van der Waals surface area contributed by atoms with E-state index in [9.17, 15) is 9.18 Å². The molecule has 144 valence electrons. The highest BCUT2D eigenvalue weighted by molar-refractivity contribution is 7.09. The molecule has 28 heavy (non-hydrogen) atoms. The monoisotopic (exact) mass is 401 g/mol. The minimum Gasteiger partial charge on any atom is -0.453 e. The van der Waals surface area contributed by atoms with Gasteiger partial charge < -0.3 is 18.9 Å². The number of imidazole rings is 1. The van der Waals surface area contributed by atoms with Crippen LogP contribution in [0.4, 0.5) is 4.39 Å². The number of hydrogen-bond acceptors (Lipinski definition) is 7. The molecule has 0 fully saturated rings. The molecule has 0 aliphatic carbocycles. The molecule has 2 aliphatic heterocycles. The third kappa shape index (κ3) is 2.48. The van der Waals surface area contributed by atoms with Gasteiger partial charge in [0.05, 0.1) is 23.5 Å². The Morgan fingerprint density at radius 3 is 2.89 bits per heavy atom. The number of aryl methyl sites for hydroxylation is 1. The van der Waals surface area contributed by atoms with E-state index in [0.29, 0.717) is 24.5 Å². The fourth-order valence-electron chi connectivity index (χ4n) is 3.64. The number of halogens is 1. The summed E-state index contributed by atoms with van der Waals surface area (Å²) in [6.07, 6.45) is 1.77. The minimum absolute atomic E-state index is 0.00511. The third-order valence-corrected chi connectivity index (χ3v) is 5.83. The van der Waals surface area contributed by atoms with Crippen LogP contribution in [0.5, 0.6) is 11.5 Å². The molecular formula is C18H16FN5O3S. The second kappa shape index (κ2) is 6.26. The van der Waals surface area contributed by atoms with Crippen LogP contribution in [0.15, 0.2) is 18.3 Å². The van der Waals surface area contributed by atoms with Crippen LogP contribution in [0.25, 0.3) is 10.8 Å². The lowest BCUT2D eigenvalue weighted by Crippen LogP contribution is -2.41. The van der Waals surface area contributed by atoms with E-state index in [-0.39, 0.29) is 30.2 Å². The Morgan fingerprint density at radius 2 is 2.11 bits per heavy atom. The lowest BCUT2D eigenvalue weighted by Gasteiger charge is -2.35. The van der Waals surface area contributed by atoms with Crippen LogP contribution in [0.2, 0.25) is 0 Å². The summed E-state index contributed by atoms with van der Waals surface area (Å²) >= 11 is 1.31. The molecule has 0 radical (unpaired) electrons. The van der Waals surface area contributed by atoms with Crippen molar-refractivity contribution >= 4 is 17.4 Å². The van der Waals surface area contributed by atoms with Crippen LogP contribution in [0, 0.1) is 12.7 Å². The molecule has 2 aliphatic rings. The topological polar surface area (TPSA) is 82.4 Å². The molecule has 0 N–H and O–H groups in total. The van der Waals surface area contributed by atoms with Gasteiger partial charge in [0.15, 0.2) is 22.4 Å². The van der Waals surface area contributed by atoms with Gasteiger partial charge in [-0.3, -0.25) is 4.79 Å². The summed E-state index contributed by atoms with van der Waals surface area (Å²) in [5, 5.41) is 0.762. The van der Waals surface area contributed by atoms with Crippen molar-refractivity contribution in [3.8, 4) is 22.3 Å². The predicted molar refractivity (Wildman–Crippen MR) is 97.8 cm³/mol. The predicted octanol–water partition coefficient (Wildman–Crippen LogP) is 2.79. The molecule has 0 saturated carbocycles. The molecule has 3 aromatic rings. The van der Waals surface area contributed by atoms with Crippen molar-refractivity contribution in [2.75, 3.05) is 13.3 Å². The fraction of sp³-hybridized carbons (Fsp3) is 0.333. The minimum atomic E-state index is -0.536. The van der Waals surface area contributed by atoms with Crippen molar-refractivity contribution in [3.63, 3.8) is 0 Å². The molecule has 0 spiro atoms. The number of carbonyl (C=O) groups is 1. The number of rotatable bonds is 2. The van der Waals surface area contributed by atoms with Crippen molar-refractivity contribution in [3.05, 3.63) is 41.2 Å². The maximum absolute atomic E-state index is 13.9. The average Bonchev–Trinajstić information content (AvgIpc) is 3.41. The van der Waals surface area contributed by atoms with E-state index in [4.69, 9.17) is 9.47 Å². The van der Waals surface area contributed by atoms with E-state index < -0.39 is 5.82 Å². The highest BCUT2D eigenvalue weighted by atomic mass is 32.1. The van der Waals surface area contributed by atoms with E-state index >= 15 is 0 Å². The molecule has 10 heteroatoms. The van der Waals surface area contributed by atoms with Gasteiger partial charge in [-0.25, -0.2) is 14.4 Å². The van der Waals surface area contributed by atoms with Gasteiger partial charge in [-0.05, 0) is 37.5 Å². The summed E-state index contributed by atoms with van der Waals surface area (Å²) in [5.41, 5.74) is 1.21. The Labute approximate surface area is 163 Å². The largest absolute Gasteiger partial charge is 0.453 e. The summed E-state index contributed by atoms with van der Waals surface area (Å²) in [5.74, 6) is 0.876. The first-order valence-electron chi connectivity index (χ1n) is 8.79. The normalized spacial score (nSPS) is 17.7. The summed E-state index contributed by atoms with van der Waals surface area (Å²) in [6, 6.07) is 2.47. The number of amides is 1. The Morgan fingerprint density at radius 1 is 1.29 bits per heavy atom. The van der Waals surface area contributed by atoms with Crippen LogP contribution in [-0.4, -0.2) is 43.1 Å². The highest BCUT2D eigenvalue weighted by Crippen LogP contribution is 2.40. The number of benzene rings is 1. The second-order valence-electron chi connectivity index (χ2n) is 6.64. The standard InChI is InChI=1S/C18H16FN5O3S/c1-9-13-7-20-16(17-21-10(2)22-28-17)24(13)6-5-23(9)18(25)11-3-4-12(19)15-14(11)26-8-27-15/h3-4,7,9H,5-6,8H2,1-2H3. The van der Waals surface area contributed by atoms with E-state index in [1.54, 1.807) is 11.1 Å². The van der Waals surface area contributed by atoms with Gasteiger partial charge in [0.25, 0.3) is 5.91 Å². The maximum Gasteiger partial charge on any atom is 0.258 e. The zero-order valence-electron chi connectivity index (χ0n) is 15.2. The van der Waals surface area contributed by atoms with Crippen LogP contribution in [0.3, 0.4) is 0 Å².